The number of aromatic hydroxyl groups is 1. The number of nitrogens with zero attached hydrogens (tertiary/aromatic N) is 5. The van der Waals surface area contributed by atoms with Crippen molar-refractivity contribution >= 4 is 16.9 Å². The van der Waals surface area contributed by atoms with Gasteiger partial charge >= 0.3 is 0 Å². The highest BCUT2D eigenvalue weighted by atomic mass is 16.5. The van der Waals surface area contributed by atoms with Gasteiger partial charge in [-0.05, 0) is 60.2 Å². The van der Waals surface area contributed by atoms with Crippen LogP contribution >= 0.6 is 0 Å². The minimum absolute atomic E-state index is 0.0661. The van der Waals surface area contributed by atoms with Crippen molar-refractivity contribution in [2.45, 2.75) is 6.42 Å². The molecule has 2 aromatic carbocycles. The Kier molecular flexibility index (Phi) is 6.59. The number of amides is 1. The standard InChI is InChI=1S/C29H23N7O4/c1-39-29-20(5-3-12-32-29)17-7-9-24(37)21(14-17)27-33-22-8-6-18(15-23(22)34-27)28(38)31-13-10-25-35-26(36-40-25)19-4-2-11-30-16-19/h2-9,11-12,14-16,37H,10,13H2,1H3,(H,31,38)(H,33,34). The molecule has 1 amide bonds. The third-order valence-electron chi connectivity index (χ3n) is 6.28. The maximum Gasteiger partial charge on any atom is 0.251 e. The van der Waals surface area contributed by atoms with E-state index in [0.29, 0.717) is 58.5 Å². The minimum atomic E-state index is -0.251. The second kappa shape index (κ2) is 10.7. The molecule has 0 atom stereocenters. The van der Waals surface area contributed by atoms with E-state index in [9.17, 15) is 9.90 Å². The molecule has 0 aliphatic heterocycles. The molecule has 0 unspecified atom stereocenters. The van der Waals surface area contributed by atoms with E-state index in [4.69, 9.17) is 9.26 Å². The van der Waals surface area contributed by atoms with Gasteiger partial charge in [-0.3, -0.25) is 9.78 Å². The van der Waals surface area contributed by atoms with Crippen LogP contribution in [0.4, 0.5) is 0 Å². The van der Waals surface area contributed by atoms with Crippen LogP contribution < -0.4 is 10.1 Å². The van der Waals surface area contributed by atoms with Gasteiger partial charge in [0.2, 0.25) is 17.6 Å². The number of H-pyrrole nitrogens is 1. The van der Waals surface area contributed by atoms with Gasteiger partial charge in [-0.2, -0.15) is 4.98 Å². The molecule has 3 N–H and O–H groups in total. The number of carbonyl (C=O) groups is 1. The van der Waals surface area contributed by atoms with Gasteiger partial charge in [0.05, 0.1) is 23.7 Å². The number of carbonyl (C=O) groups excluding carboxylic acids is 1. The Morgan fingerprint density at radius 1 is 1.02 bits per heavy atom. The molecule has 4 heterocycles. The van der Waals surface area contributed by atoms with Gasteiger partial charge in [-0.15, -0.1) is 0 Å². The third-order valence-corrected chi connectivity index (χ3v) is 6.28. The number of benzene rings is 2. The van der Waals surface area contributed by atoms with Crippen molar-refractivity contribution in [3.63, 3.8) is 0 Å². The number of rotatable bonds is 8. The van der Waals surface area contributed by atoms with E-state index in [2.05, 4.69) is 35.4 Å². The lowest BCUT2D eigenvalue weighted by Crippen LogP contribution is -2.25. The Bertz CT molecular complexity index is 1810. The molecule has 0 aliphatic rings. The molecule has 0 aliphatic carbocycles. The number of methoxy groups -OCH3 is 1. The average Bonchev–Trinajstić information content (AvgIpc) is 3.65. The largest absolute Gasteiger partial charge is 0.507 e. The Morgan fingerprint density at radius 3 is 2.77 bits per heavy atom. The smallest absolute Gasteiger partial charge is 0.251 e. The van der Waals surface area contributed by atoms with Crippen molar-refractivity contribution < 1.29 is 19.2 Å². The lowest BCUT2D eigenvalue weighted by atomic mass is 10.0. The van der Waals surface area contributed by atoms with Crippen molar-refractivity contribution in [2.24, 2.45) is 0 Å². The van der Waals surface area contributed by atoms with Crippen LogP contribution in [0.15, 0.2) is 83.8 Å². The zero-order valence-corrected chi connectivity index (χ0v) is 21.3. The molecular formula is C29H23N7O4. The number of nitrogens with one attached hydrogen (secondary N) is 2. The summed E-state index contributed by atoms with van der Waals surface area (Å²) in [5, 5.41) is 17.4. The van der Waals surface area contributed by atoms with Crippen molar-refractivity contribution in [2.75, 3.05) is 13.7 Å². The average molecular weight is 534 g/mol. The molecule has 0 radical (unpaired) electrons. The number of fused-ring (bicyclic) bond motifs is 1. The highest BCUT2D eigenvalue weighted by Gasteiger charge is 2.16. The molecule has 198 valence electrons. The summed E-state index contributed by atoms with van der Waals surface area (Å²) in [6, 6.07) is 17.7. The summed E-state index contributed by atoms with van der Waals surface area (Å²) in [5.74, 6) is 1.63. The maximum absolute atomic E-state index is 12.8. The van der Waals surface area contributed by atoms with E-state index < -0.39 is 0 Å². The van der Waals surface area contributed by atoms with Crippen LogP contribution in [0.3, 0.4) is 0 Å². The molecular weight excluding hydrogens is 510 g/mol. The monoisotopic (exact) mass is 533 g/mol. The van der Waals surface area contributed by atoms with E-state index in [0.717, 1.165) is 16.7 Å². The second-order valence-corrected chi connectivity index (χ2v) is 8.87. The van der Waals surface area contributed by atoms with Gasteiger partial charge in [-0.1, -0.05) is 11.2 Å². The fraction of sp³-hybridized carbons (Fsp3) is 0.103. The zero-order chi connectivity index (χ0) is 27.5. The van der Waals surface area contributed by atoms with Crippen molar-refractivity contribution in [3.05, 3.63) is 90.7 Å². The van der Waals surface area contributed by atoms with Crippen LogP contribution in [0.25, 0.3) is 44.9 Å². The first-order chi connectivity index (χ1) is 19.6. The van der Waals surface area contributed by atoms with E-state index in [1.165, 1.54) is 0 Å². The summed E-state index contributed by atoms with van der Waals surface area (Å²) in [6.07, 6.45) is 5.36. The Balaban J connectivity index is 1.17. The Labute approximate surface area is 227 Å². The first-order valence-electron chi connectivity index (χ1n) is 12.4. The van der Waals surface area contributed by atoms with Gasteiger partial charge in [0.15, 0.2) is 0 Å². The quantitative estimate of drug-likeness (QED) is 0.258. The molecule has 40 heavy (non-hydrogen) atoms. The number of phenols is 1. The summed E-state index contributed by atoms with van der Waals surface area (Å²) < 4.78 is 10.7. The van der Waals surface area contributed by atoms with Crippen LogP contribution in [0, 0.1) is 0 Å². The van der Waals surface area contributed by atoms with Crippen LogP contribution in [0.1, 0.15) is 16.2 Å². The lowest BCUT2D eigenvalue weighted by Gasteiger charge is -2.09. The van der Waals surface area contributed by atoms with Gasteiger partial charge in [0, 0.05) is 48.2 Å². The Morgan fingerprint density at radius 2 is 1.93 bits per heavy atom. The van der Waals surface area contributed by atoms with Gasteiger partial charge in [0.25, 0.3) is 5.91 Å². The number of aromatic nitrogens is 6. The van der Waals surface area contributed by atoms with Crippen LogP contribution in [-0.4, -0.2) is 54.7 Å². The molecule has 11 heteroatoms. The summed E-state index contributed by atoms with van der Waals surface area (Å²) >= 11 is 0. The number of hydrogen-bond donors (Lipinski definition) is 3. The highest BCUT2D eigenvalue weighted by molar-refractivity contribution is 5.97. The number of ether oxygens (including phenoxy) is 1. The highest BCUT2D eigenvalue weighted by Crippen LogP contribution is 2.35. The zero-order valence-electron chi connectivity index (χ0n) is 21.3. The number of hydrogen-bond acceptors (Lipinski definition) is 9. The summed E-state index contributed by atoms with van der Waals surface area (Å²) in [4.78, 5) is 33.3. The first-order valence-corrected chi connectivity index (χ1v) is 12.4. The van der Waals surface area contributed by atoms with Crippen LogP contribution in [-0.2, 0) is 6.42 Å². The molecule has 11 nitrogen and oxygen atoms in total. The topological polar surface area (TPSA) is 152 Å². The van der Waals surface area contributed by atoms with Crippen LogP contribution in [0.5, 0.6) is 11.6 Å². The molecule has 0 fully saturated rings. The number of aromatic amines is 1. The molecule has 0 saturated carbocycles. The molecule has 6 rings (SSSR count). The Hall–Kier alpha value is -5.58. The molecule has 0 saturated heterocycles. The van der Waals surface area contributed by atoms with E-state index in [1.54, 1.807) is 62.1 Å². The van der Waals surface area contributed by atoms with Crippen LogP contribution in [0.2, 0.25) is 0 Å². The predicted octanol–water partition coefficient (Wildman–Crippen LogP) is 4.42. The fourth-order valence-corrected chi connectivity index (χ4v) is 4.30. The SMILES string of the molecule is COc1ncccc1-c1ccc(O)c(-c2nc3ccc(C(=O)NCCc4nc(-c5cccnc5)no4)cc3[nH]2)c1. The molecule has 6 aromatic rings. The lowest BCUT2D eigenvalue weighted by molar-refractivity contribution is 0.0953. The first kappa shape index (κ1) is 24.7. The number of phenolic OH excluding ortho intramolecular Hbond substituents is 1. The predicted molar refractivity (Wildman–Crippen MR) is 147 cm³/mol. The van der Waals surface area contributed by atoms with Crippen molar-refractivity contribution in [1.82, 2.24) is 35.4 Å². The normalized spacial score (nSPS) is 11.0. The van der Waals surface area contributed by atoms with Gasteiger partial charge < -0.3 is 24.7 Å². The van der Waals surface area contributed by atoms with Crippen molar-refractivity contribution in [1.29, 1.82) is 0 Å². The van der Waals surface area contributed by atoms with E-state index in [1.807, 2.05) is 24.3 Å². The fourth-order valence-electron chi connectivity index (χ4n) is 4.30. The van der Waals surface area contributed by atoms with E-state index >= 15 is 0 Å². The van der Waals surface area contributed by atoms with Gasteiger partial charge in [0.1, 0.15) is 11.6 Å². The third kappa shape index (κ3) is 4.95. The minimum Gasteiger partial charge on any atom is -0.507 e. The number of imidazole rings is 1. The van der Waals surface area contributed by atoms with Gasteiger partial charge in [-0.25, -0.2) is 9.97 Å². The summed E-state index contributed by atoms with van der Waals surface area (Å²) in [6.45, 7) is 0.318. The molecule has 4 aromatic heterocycles. The van der Waals surface area contributed by atoms with Crippen molar-refractivity contribution in [3.8, 4) is 45.5 Å². The molecule has 0 bridgehead atoms. The van der Waals surface area contributed by atoms with E-state index in [-0.39, 0.29) is 11.7 Å². The maximum atomic E-state index is 12.8. The number of pyridine rings is 2. The molecule has 0 spiro atoms. The summed E-state index contributed by atoms with van der Waals surface area (Å²) in [5.41, 5.74) is 4.64. The summed E-state index contributed by atoms with van der Waals surface area (Å²) in [7, 11) is 1.56. The second-order valence-electron chi connectivity index (χ2n) is 8.87.